The van der Waals surface area contributed by atoms with E-state index >= 15 is 0 Å². The zero-order chi connectivity index (χ0) is 20.1. The largest absolute Gasteiger partial charge is 0.335 e. The van der Waals surface area contributed by atoms with E-state index in [0.29, 0.717) is 28.1 Å². The van der Waals surface area contributed by atoms with Crippen LogP contribution in [-0.2, 0) is 0 Å². The highest BCUT2D eigenvalue weighted by molar-refractivity contribution is 7.13. The van der Waals surface area contributed by atoms with Crippen molar-refractivity contribution in [1.82, 2.24) is 35.1 Å². The third kappa shape index (κ3) is 2.60. The molecule has 0 saturated heterocycles. The minimum absolute atomic E-state index is 0.248. The molecule has 0 saturated carbocycles. The van der Waals surface area contributed by atoms with E-state index in [1.165, 1.54) is 12.4 Å². The van der Waals surface area contributed by atoms with E-state index in [-0.39, 0.29) is 5.52 Å². The number of thiophene rings is 1. The number of fused-ring (bicyclic) bond motifs is 2. The number of nitrogens with one attached hydrogen (secondary N) is 2. The molecule has 0 unspecified atom stereocenters. The molecule has 0 aliphatic rings. The van der Waals surface area contributed by atoms with Gasteiger partial charge in [0.15, 0.2) is 17.3 Å². The zero-order valence-corrected chi connectivity index (χ0v) is 16.1. The maximum atomic E-state index is 14.8. The first-order chi connectivity index (χ1) is 14.8. The van der Waals surface area contributed by atoms with Gasteiger partial charge in [-0.15, -0.1) is 11.3 Å². The summed E-state index contributed by atoms with van der Waals surface area (Å²) in [5.41, 5.74) is 4.66. The van der Waals surface area contributed by atoms with Gasteiger partial charge < -0.3 is 4.98 Å². The monoisotopic (exact) mass is 413 g/mol. The van der Waals surface area contributed by atoms with Crippen molar-refractivity contribution >= 4 is 33.4 Å². The number of pyridine rings is 1. The zero-order valence-electron chi connectivity index (χ0n) is 15.3. The Labute approximate surface area is 172 Å². The second-order valence-electron chi connectivity index (χ2n) is 6.70. The summed E-state index contributed by atoms with van der Waals surface area (Å²) in [7, 11) is 0. The lowest BCUT2D eigenvalue weighted by Gasteiger charge is -2.02. The van der Waals surface area contributed by atoms with Gasteiger partial charge in [0.1, 0.15) is 17.5 Å². The van der Waals surface area contributed by atoms with Crippen LogP contribution in [0.25, 0.3) is 55.2 Å². The number of aromatic amines is 2. The quantitative estimate of drug-likeness (QED) is 0.433. The molecule has 6 rings (SSSR count). The number of benzene rings is 1. The molecule has 5 heterocycles. The molecule has 7 nitrogen and oxygen atoms in total. The lowest BCUT2D eigenvalue weighted by atomic mass is 10.1. The average molecular weight is 413 g/mol. The third-order valence-corrected chi connectivity index (χ3v) is 5.82. The normalized spacial score (nSPS) is 11.5. The Bertz CT molecular complexity index is 1500. The van der Waals surface area contributed by atoms with Gasteiger partial charge in [0.2, 0.25) is 0 Å². The molecular weight excluding hydrogens is 401 g/mol. The van der Waals surface area contributed by atoms with Gasteiger partial charge in [0.25, 0.3) is 0 Å². The Kier molecular flexibility index (Phi) is 3.68. The molecule has 30 heavy (non-hydrogen) atoms. The Morgan fingerprint density at radius 1 is 1.03 bits per heavy atom. The van der Waals surface area contributed by atoms with Crippen molar-refractivity contribution in [2.75, 3.05) is 0 Å². The lowest BCUT2D eigenvalue weighted by molar-refractivity contribution is 0.636. The minimum atomic E-state index is -0.428. The number of imidazole rings is 1. The van der Waals surface area contributed by atoms with Gasteiger partial charge in [-0.25, -0.2) is 24.3 Å². The number of rotatable bonds is 3. The highest BCUT2D eigenvalue weighted by Gasteiger charge is 2.18. The highest BCUT2D eigenvalue weighted by atomic mass is 32.1. The number of nitrogens with zero attached hydrogens (tertiary/aromatic N) is 5. The molecule has 0 spiro atoms. The lowest BCUT2D eigenvalue weighted by Crippen LogP contribution is -1.86. The van der Waals surface area contributed by atoms with Crippen LogP contribution in [0, 0.1) is 5.82 Å². The van der Waals surface area contributed by atoms with Gasteiger partial charge in [-0.1, -0.05) is 6.07 Å². The smallest absolute Gasteiger partial charge is 0.178 e. The van der Waals surface area contributed by atoms with E-state index in [1.54, 1.807) is 29.9 Å². The van der Waals surface area contributed by atoms with Crippen molar-refractivity contribution in [3.63, 3.8) is 0 Å². The van der Waals surface area contributed by atoms with Crippen LogP contribution < -0.4 is 0 Å². The summed E-state index contributed by atoms with van der Waals surface area (Å²) in [4.78, 5) is 21.5. The number of halogens is 1. The standard InChI is InChI=1S/C21H12FN7S/c22-15-7-11(12-8-23-10-24-9-12)6-14-17(15)28-29-19(14)21-26-18-13(16-2-1-5-30-16)3-4-25-20(18)27-21/h1-10H,(H,28,29)(H,25,26,27). The van der Waals surface area contributed by atoms with Crippen LogP contribution in [0.5, 0.6) is 0 Å². The van der Waals surface area contributed by atoms with Crippen LogP contribution in [-0.4, -0.2) is 35.1 Å². The fraction of sp³-hybridized carbons (Fsp3) is 0. The predicted octanol–water partition coefficient (Wildman–Crippen LogP) is 4.83. The SMILES string of the molecule is Fc1cc(-c2cncnc2)cc2c(-c3nc4nccc(-c5cccs5)c4[nH]3)[nH]nc12. The van der Waals surface area contributed by atoms with Gasteiger partial charge in [-0.05, 0) is 35.2 Å². The summed E-state index contributed by atoms with van der Waals surface area (Å²) in [5, 5.41) is 9.73. The van der Waals surface area contributed by atoms with Crippen LogP contribution in [0.4, 0.5) is 4.39 Å². The molecule has 0 aliphatic carbocycles. The van der Waals surface area contributed by atoms with Gasteiger partial charge in [-0.2, -0.15) is 5.10 Å². The van der Waals surface area contributed by atoms with Gasteiger partial charge in [-0.3, -0.25) is 5.10 Å². The first-order valence-corrected chi connectivity index (χ1v) is 9.98. The molecule has 5 aromatic heterocycles. The van der Waals surface area contributed by atoms with Crippen molar-refractivity contribution in [1.29, 1.82) is 0 Å². The number of aromatic nitrogens is 7. The average Bonchev–Trinajstić information content (AvgIpc) is 3.52. The number of H-pyrrole nitrogens is 2. The topological polar surface area (TPSA) is 96.0 Å². The van der Waals surface area contributed by atoms with Crippen molar-refractivity contribution < 1.29 is 4.39 Å². The summed E-state index contributed by atoms with van der Waals surface area (Å²) >= 11 is 1.64. The first kappa shape index (κ1) is 16.9. The molecule has 0 amide bonds. The molecular formula is C21H12FN7S. The number of hydrogen-bond acceptors (Lipinski definition) is 6. The van der Waals surface area contributed by atoms with Crippen molar-refractivity contribution in [2.24, 2.45) is 0 Å². The van der Waals surface area contributed by atoms with E-state index < -0.39 is 5.82 Å². The second kappa shape index (κ2) is 6.53. The third-order valence-electron chi connectivity index (χ3n) is 4.92. The van der Waals surface area contributed by atoms with E-state index in [4.69, 9.17) is 0 Å². The summed E-state index contributed by atoms with van der Waals surface area (Å²) in [5.74, 6) is 0.118. The van der Waals surface area contributed by atoms with Crippen LogP contribution in [0.15, 0.2) is 60.6 Å². The Hall–Kier alpha value is -3.98. The summed E-state index contributed by atoms with van der Waals surface area (Å²) in [6.07, 6.45) is 6.46. The first-order valence-electron chi connectivity index (χ1n) is 9.10. The van der Waals surface area contributed by atoms with Crippen LogP contribution in [0.3, 0.4) is 0 Å². The van der Waals surface area contributed by atoms with Crippen LogP contribution >= 0.6 is 11.3 Å². The van der Waals surface area contributed by atoms with Crippen LogP contribution in [0.1, 0.15) is 0 Å². The summed E-state index contributed by atoms with van der Waals surface area (Å²) < 4.78 is 14.8. The Morgan fingerprint density at radius 3 is 2.77 bits per heavy atom. The van der Waals surface area contributed by atoms with E-state index in [9.17, 15) is 4.39 Å². The molecule has 9 heteroatoms. The minimum Gasteiger partial charge on any atom is -0.335 e. The van der Waals surface area contributed by atoms with E-state index in [0.717, 1.165) is 21.5 Å². The number of hydrogen-bond donors (Lipinski definition) is 2. The van der Waals surface area contributed by atoms with Crippen LogP contribution in [0.2, 0.25) is 0 Å². The van der Waals surface area contributed by atoms with E-state index in [1.807, 2.05) is 23.6 Å². The Morgan fingerprint density at radius 2 is 1.93 bits per heavy atom. The van der Waals surface area contributed by atoms with Gasteiger partial charge in [0.05, 0.1) is 5.52 Å². The predicted molar refractivity (Wildman–Crippen MR) is 113 cm³/mol. The maximum Gasteiger partial charge on any atom is 0.178 e. The van der Waals surface area contributed by atoms with Crippen molar-refractivity contribution in [2.45, 2.75) is 0 Å². The van der Waals surface area contributed by atoms with Crippen molar-refractivity contribution in [3.05, 3.63) is 66.4 Å². The molecule has 0 fully saturated rings. The molecule has 0 bridgehead atoms. The molecule has 0 aliphatic heterocycles. The van der Waals surface area contributed by atoms with E-state index in [2.05, 4.69) is 41.2 Å². The van der Waals surface area contributed by atoms with Crippen molar-refractivity contribution in [3.8, 4) is 33.1 Å². The Balaban J connectivity index is 1.56. The summed E-state index contributed by atoms with van der Waals surface area (Å²) in [6.45, 7) is 0. The fourth-order valence-electron chi connectivity index (χ4n) is 3.54. The van der Waals surface area contributed by atoms with Gasteiger partial charge >= 0.3 is 0 Å². The molecule has 0 radical (unpaired) electrons. The molecule has 2 N–H and O–H groups in total. The molecule has 0 atom stereocenters. The maximum absolute atomic E-state index is 14.8. The van der Waals surface area contributed by atoms with Gasteiger partial charge in [0, 0.05) is 40.0 Å². The highest BCUT2D eigenvalue weighted by Crippen LogP contribution is 2.34. The fourth-order valence-corrected chi connectivity index (χ4v) is 4.30. The second-order valence-corrected chi connectivity index (χ2v) is 7.65. The molecule has 1 aromatic carbocycles. The molecule has 144 valence electrons. The molecule has 6 aromatic rings. The summed E-state index contributed by atoms with van der Waals surface area (Å²) in [6, 6.07) is 9.30.